The van der Waals surface area contributed by atoms with E-state index >= 15 is 0 Å². The van der Waals surface area contributed by atoms with Gasteiger partial charge in [-0.15, -0.1) is 11.3 Å². The summed E-state index contributed by atoms with van der Waals surface area (Å²) in [5.74, 6) is -0.945. The van der Waals surface area contributed by atoms with Crippen molar-refractivity contribution in [3.8, 4) is 0 Å². The van der Waals surface area contributed by atoms with E-state index < -0.39 is 5.97 Å². The number of fused-ring (bicyclic) bond motifs is 1. The largest absolute Gasteiger partial charge is 0.478 e. The lowest BCUT2D eigenvalue weighted by Crippen LogP contribution is -1.83. The molecule has 0 saturated heterocycles. The van der Waals surface area contributed by atoms with Crippen LogP contribution >= 0.6 is 11.3 Å². The molecule has 0 fully saturated rings. The number of benzene rings is 1. The van der Waals surface area contributed by atoms with Crippen LogP contribution in [-0.2, 0) is 4.79 Å². The number of allylic oxidation sites excluding steroid dienone is 2. The minimum atomic E-state index is -0.945. The van der Waals surface area contributed by atoms with Gasteiger partial charge in [-0.2, -0.15) is 0 Å². The summed E-state index contributed by atoms with van der Waals surface area (Å²) < 4.78 is 1.37. The summed E-state index contributed by atoms with van der Waals surface area (Å²) in [6, 6.07) is 10.5. The SMILES string of the molecule is C=CC=CC(=O)O.c1ccc2sccc2c1. The van der Waals surface area contributed by atoms with Crippen LogP contribution in [0.5, 0.6) is 0 Å². The van der Waals surface area contributed by atoms with Gasteiger partial charge < -0.3 is 5.11 Å². The first-order valence-electron chi connectivity index (χ1n) is 4.68. The van der Waals surface area contributed by atoms with E-state index in [2.05, 4.69) is 42.3 Å². The highest BCUT2D eigenvalue weighted by Gasteiger charge is 1.87. The van der Waals surface area contributed by atoms with Gasteiger partial charge in [-0.1, -0.05) is 36.9 Å². The molecule has 0 aliphatic rings. The van der Waals surface area contributed by atoms with Crippen molar-refractivity contribution < 1.29 is 9.90 Å². The molecule has 2 aromatic rings. The molecule has 0 amide bonds. The Morgan fingerprint density at radius 3 is 2.62 bits per heavy atom. The summed E-state index contributed by atoms with van der Waals surface area (Å²) in [6.45, 7) is 3.28. The second kappa shape index (κ2) is 6.58. The Morgan fingerprint density at radius 2 is 2.06 bits per heavy atom. The monoisotopic (exact) mass is 232 g/mol. The van der Waals surface area contributed by atoms with E-state index in [1.807, 2.05) is 0 Å². The standard InChI is InChI=1S/C8H6S.C5H6O2/c1-2-4-8-7(3-1)5-6-9-8;1-2-3-4-5(6)7/h1-6H;2-4H,1H2,(H,6,7). The van der Waals surface area contributed by atoms with E-state index in [4.69, 9.17) is 5.11 Å². The number of carbonyl (C=O) groups is 1. The number of carboxylic acids is 1. The van der Waals surface area contributed by atoms with Crippen LogP contribution in [0.3, 0.4) is 0 Å². The van der Waals surface area contributed by atoms with E-state index in [0.717, 1.165) is 6.08 Å². The van der Waals surface area contributed by atoms with E-state index in [1.165, 1.54) is 22.2 Å². The van der Waals surface area contributed by atoms with Crippen LogP contribution in [0.25, 0.3) is 10.1 Å². The number of carboxylic acid groups (broad SMARTS) is 1. The van der Waals surface area contributed by atoms with Crippen LogP contribution in [0.2, 0.25) is 0 Å². The van der Waals surface area contributed by atoms with Gasteiger partial charge in [0.15, 0.2) is 0 Å². The normalized spacial score (nSPS) is 9.75. The predicted octanol–water partition coefficient (Wildman–Crippen LogP) is 3.71. The van der Waals surface area contributed by atoms with Crippen molar-refractivity contribution in [2.24, 2.45) is 0 Å². The average Bonchev–Trinajstić information content (AvgIpc) is 2.75. The molecule has 1 aromatic heterocycles. The molecule has 1 heterocycles. The third-order valence-electron chi connectivity index (χ3n) is 1.74. The van der Waals surface area contributed by atoms with Crippen molar-refractivity contribution in [1.29, 1.82) is 0 Å². The highest BCUT2D eigenvalue weighted by molar-refractivity contribution is 7.17. The van der Waals surface area contributed by atoms with Crippen molar-refractivity contribution in [2.75, 3.05) is 0 Å². The molecule has 16 heavy (non-hydrogen) atoms. The van der Waals surface area contributed by atoms with Crippen LogP contribution in [0.15, 0.2) is 60.5 Å². The Hall–Kier alpha value is -1.87. The number of rotatable bonds is 2. The van der Waals surface area contributed by atoms with Gasteiger partial charge in [0, 0.05) is 10.8 Å². The summed E-state index contributed by atoms with van der Waals surface area (Å²) in [6.07, 6.45) is 3.80. The lowest BCUT2D eigenvalue weighted by molar-refractivity contribution is -0.131. The number of aliphatic carboxylic acids is 1. The summed E-state index contributed by atoms with van der Waals surface area (Å²) in [5, 5.41) is 11.4. The molecular weight excluding hydrogens is 220 g/mol. The van der Waals surface area contributed by atoms with Gasteiger partial charge in [-0.05, 0) is 22.9 Å². The molecule has 1 aromatic carbocycles. The maximum atomic E-state index is 9.62. The third kappa shape index (κ3) is 4.11. The molecule has 1 N–H and O–H groups in total. The van der Waals surface area contributed by atoms with Gasteiger partial charge >= 0.3 is 5.97 Å². The van der Waals surface area contributed by atoms with Crippen LogP contribution in [0.4, 0.5) is 0 Å². The zero-order valence-electron chi connectivity index (χ0n) is 8.67. The smallest absolute Gasteiger partial charge is 0.328 e. The highest BCUT2D eigenvalue weighted by Crippen LogP contribution is 2.18. The van der Waals surface area contributed by atoms with E-state index in [1.54, 1.807) is 11.3 Å². The predicted molar refractivity (Wildman–Crippen MR) is 68.8 cm³/mol. The van der Waals surface area contributed by atoms with Crippen LogP contribution in [0, 0.1) is 0 Å². The second-order valence-corrected chi connectivity index (χ2v) is 3.84. The fourth-order valence-electron chi connectivity index (χ4n) is 1.06. The molecule has 82 valence electrons. The maximum absolute atomic E-state index is 9.62. The summed E-state index contributed by atoms with van der Waals surface area (Å²) >= 11 is 1.79. The Morgan fingerprint density at radius 1 is 1.31 bits per heavy atom. The first-order chi connectivity index (χ1) is 7.74. The quantitative estimate of drug-likeness (QED) is 0.633. The summed E-state index contributed by atoms with van der Waals surface area (Å²) in [5.41, 5.74) is 0. The van der Waals surface area contributed by atoms with Crippen molar-refractivity contribution in [3.63, 3.8) is 0 Å². The number of thiophene rings is 1. The fraction of sp³-hybridized carbons (Fsp3) is 0. The Labute approximate surface area is 98.2 Å². The first kappa shape index (κ1) is 12.2. The van der Waals surface area contributed by atoms with E-state index in [0.29, 0.717) is 0 Å². The fourth-order valence-corrected chi connectivity index (χ4v) is 1.85. The molecule has 0 radical (unpaired) electrons. The first-order valence-corrected chi connectivity index (χ1v) is 5.56. The maximum Gasteiger partial charge on any atom is 0.328 e. The van der Waals surface area contributed by atoms with Crippen LogP contribution < -0.4 is 0 Å². The van der Waals surface area contributed by atoms with Gasteiger partial charge in [-0.25, -0.2) is 4.79 Å². The third-order valence-corrected chi connectivity index (χ3v) is 2.63. The molecule has 0 atom stereocenters. The van der Waals surface area contributed by atoms with Crippen LogP contribution in [0.1, 0.15) is 0 Å². The molecule has 0 saturated carbocycles. The Bertz CT molecular complexity index is 467. The molecule has 0 aliphatic carbocycles. The Kier molecular flexibility index (Phi) is 5.02. The average molecular weight is 232 g/mol. The minimum Gasteiger partial charge on any atom is -0.478 e. The summed E-state index contributed by atoms with van der Waals surface area (Å²) in [7, 11) is 0. The minimum absolute atomic E-state index is 0.945. The van der Waals surface area contributed by atoms with Gasteiger partial charge in [0.05, 0.1) is 0 Å². The summed E-state index contributed by atoms with van der Waals surface area (Å²) in [4.78, 5) is 9.62. The molecule has 0 unspecified atom stereocenters. The lowest BCUT2D eigenvalue weighted by atomic mass is 10.3. The van der Waals surface area contributed by atoms with Gasteiger partial charge in [0.1, 0.15) is 0 Å². The molecule has 0 aliphatic heterocycles. The molecule has 3 heteroatoms. The topological polar surface area (TPSA) is 37.3 Å². The zero-order valence-corrected chi connectivity index (χ0v) is 9.48. The zero-order chi connectivity index (χ0) is 11.8. The van der Waals surface area contributed by atoms with Gasteiger partial charge in [0.25, 0.3) is 0 Å². The van der Waals surface area contributed by atoms with Crippen molar-refractivity contribution in [2.45, 2.75) is 0 Å². The second-order valence-electron chi connectivity index (χ2n) is 2.89. The van der Waals surface area contributed by atoms with E-state index in [-0.39, 0.29) is 0 Å². The molecule has 0 spiro atoms. The van der Waals surface area contributed by atoms with Crippen molar-refractivity contribution >= 4 is 27.4 Å². The number of hydrogen-bond donors (Lipinski definition) is 1. The molecule has 2 nitrogen and oxygen atoms in total. The van der Waals surface area contributed by atoms with Crippen LogP contribution in [-0.4, -0.2) is 11.1 Å². The van der Waals surface area contributed by atoms with Crippen molar-refractivity contribution in [3.05, 3.63) is 60.5 Å². The lowest BCUT2D eigenvalue weighted by Gasteiger charge is -1.82. The molecule has 0 bridgehead atoms. The number of hydrogen-bond acceptors (Lipinski definition) is 2. The Balaban J connectivity index is 0.000000168. The highest BCUT2D eigenvalue weighted by atomic mass is 32.1. The molecule has 2 rings (SSSR count). The van der Waals surface area contributed by atoms with Gasteiger partial charge in [-0.3, -0.25) is 0 Å². The molecular formula is C13H12O2S. The van der Waals surface area contributed by atoms with E-state index in [9.17, 15) is 4.79 Å². The van der Waals surface area contributed by atoms with Gasteiger partial charge in [0.2, 0.25) is 0 Å². The van der Waals surface area contributed by atoms with Crippen molar-refractivity contribution in [1.82, 2.24) is 0 Å².